The molecule has 3 nitrogen and oxygen atoms in total. The maximum Gasteiger partial charge on any atom is 0.222 e. The van der Waals surface area contributed by atoms with Crippen LogP contribution >= 0.6 is 0 Å². The average molecular weight is 225 g/mol. The Labute approximate surface area is 97.8 Å². The Morgan fingerprint density at radius 2 is 1.94 bits per heavy atom. The molecule has 1 aliphatic heterocycles. The second-order valence-electron chi connectivity index (χ2n) is 5.25. The van der Waals surface area contributed by atoms with Crippen LogP contribution in [0.4, 0.5) is 0 Å². The maximum atomic E-state index is 12.0. The Bertz CT molecular complexity index is 236. The van der Waals surface area contributed by atoms with Crippen molar-refractivity contribution in [1.82, 2.24) is 4.90 Å². The first kappa shape index (κ1) is 11.9. The molecule has 1 saturated carbocycles. The van der Waals surface area contributed by atoms with E-state index < -0.39 is 0 Å². The van der Waals surface area contributed by atoms with Crippen molar-refractivity contribution >= 4 is 5.91 Å². The minimum absolute atomic E-state index is 0.107. The lowest BCUT2D eigenvalue weighted by molar-refractivity contribution is -0.133. The van der Waals surface area contributed by atoms with Gasteiger partial charge in [0.25, 0.3) is 0 Å². The smallest absolute Gasteiger partial charge is 0.222 e. The summed E-state index contributed by atoms with van der Waals surface area (Å²) in [7, 11) is 0. The molecule has 0 aromatic carbocycles. The summed E-state index contributed by atoms with van der Waals surface area (Å²) in [6, 6.07) is 0.107. The quantitative estimate of drug-likeness (QED) is 0.794. The number of hydrogen-bond acceptors (Lipinski definition) is 2. The highest BCUT2D eigenvalue weighted by atomic mass is 16.3. The van der Waals surface area contributed by atoms with Gasteiger partial charge in [0.05, 0.1) is 12.6 Å². The number of amides is 1. The van der Waals surface area contributed by atoms with E-state index in [1.54, 1.807) is 0 Å². The minimum Gasteiger partial charge on any atom is -0.394 e. The van der Waals surface area contributed by atoms with E-state index in [9.17, 15) is 9.90 Å². The molecule has 0 bridgehead atoms. The van der Waals surface area contributed by atoms with Crippen LogP contribution in [0.3, 0.4) is 0 Å². The van der Waals surface area contributed by atoms with E-state index in [-0.39, 0.29) is 18.6 Å². The lowest BCUT2D eigenvalue weighted by Gasteiger charge is -2.23. The van der Waals surface area contributed by atoms with Crippen LogP contribution in [0.15, 0.2) is 0 Å². The van der Waals surface area contributed by atoms with Crippen LogP contribution in [-0.2, 0) is 4.79 Å². The summed E-state index contributed by atoms with van der Waals surface area (Å²) in [4.78, 5) is 13.9. The van der Waals surface area contributed by atoms with Gasteiger partial charge in [-0.1, -0.05) is 25.7 Å². The van der Waals surface area contributed by atoms with Gasteiger partial charge in [-0.3, -0.25) is 4.79 Å². The molecule has 1 saturated heterocycles. The summed E-state index contributed by atoms with van der Waals surface area (Å²) in [6.45, 7) is 0.990. The first-order valence-electron chi connectivity index (χ1n) is 6.71. The van der Waals surface area contributed by atoms with Gasteiger partial charge in [-0.2, -0.15) is 0 Å². The summed E-state index contributed by atoms with van der Waals surface area (Å²) in [5, 5.41) is 9.17. The highest BCUT2D eigenvalue weighted by Gasteiger charge is 2.28. The molecule has 0 aromatic heterocycles. The molecule has 92 valence electrons. The number of likely N-dealkylation sites (tertiary alicyclic amines) is 1. The molecule has 16 heavy (non-hydrogen) atoms. The normalized spacial score (nSPS) is 26.6. The van der Waals surface area contributed by atoms with Gasteiger partial charge >= 0.3 is 0 Å². The fourth-order valence-electron chi connectivity index (χ4n) is 3.12. The van der Waals surface area contributed by atoms with Gasteiger partial charge in [0.1, 0.15) is 0 Å². The largest absolute Gasteiger partial charge is 0.394 e. The molecular weight excluding hydrogens is 202 g/mol. The highest BCUT2D eigenvalue weighted by Crippen LogP contribution is 2.29. The zero-order valence-corrected chi connectivity index (χ0v) is 10.0. The fraction of sp³-hybridized carbons (Fsp3) is 0.923. The van der Waals surface area contributed by atoms with E-state index in [2.05, 4.69) is 0 Å². The topological polar surface area (TPSA) is 40.5 Å². The van der Waals surface area contributed by atoms with Gasteiger partial charge < -0.3 is 10.0 Å². The molecule has 0 unspecified atom stereocenters. The number of hydrogen-bond donors (Lipinski definition) is 1. The van der Waals surface area contributed by atoms with Crippen molar-refractivity contribution in [1.29, 1.82) is 0 Å². The third-order valence-electron chi connectivity index (χ3n) is 4.15. The van der Waals surface area contributed by atoms with Crippen molar-refractivity contribution in [2.75, 3.05) is 13.2 Å². The van der Waals surface area contributed by atoms with Crippen molar-refractivity contribution in [3.05, 3.63) is 0 Å². The molecule has 0 radical (unpaired) electrons. The summed E-state index contributed by atoms with van der Waals surface area (Å²) in [6.07, 6.45) is 9.12. The van der Waals surface area contributed by atoms with Crippen LogP contribution in [0.25, 0.3) is 0 Å². The molecule has 2 aliphatic rings. The van der Waals surface area contributed by atoms with Crippen molar-refractivity contribution in [3.63, 3.8) is 0 Å². The molecule has 2 fully saturated rings. The van der Waals surface area contributed by atoms with Crippen LogP contribution in [0.2, 0.25) is 0 Å². The molecule has 1 atom stereocenters. The number of carbonyl (C=O) groups is 1. The van der Waals surface area contributed by atoms with Crippen LogP contribution in [0.1, 0.15) is 51.4 Å². The molecule has 1 amide bonds. The predicted octanol–water partition coefficient (Wildman–Crippen LogP) is 1.94. The Morgan fingerprint density at radius 3 is 2.62 bits per heavy atom. The SMILES string of the molecule is O=C(CCC1CCCC1)N1CCC[C@@H]1CO. The number of aliphatic hydroxyl groups is 1. The number of carbonyl (C=O) groups excluding carboxylic acids is 1. The molecular formula is C13H23NO2. The summed E-state index contributed by atoms with van der Waals surface area (Å²) < 4.78 is 0. The molecule has 2 rings (SSSR count). The first-order chi connectivity index (χ1) is 7.81. The van der Waals surface area contributed by atoms with E-state index in [1.807, 2.05) is 4.90 Å². The average Bonchev–Trinajstić information content (AvgIpc) is 2.96. The maximum absolute atomic E-state index is 12.0. The Hall–Kier alpha value is -0.570. The molecule has 0 spiro atoms. The summed E-state index contributed by atoms with van der Waals surface area (Å²) in [5.74, 6) is 1.06. The zero-order valence-electron chi connectivity index (χ0n) is 10.0. The highest BCUT2D eigenvalue weighted by molar-refractivity contribution is 5.76. The summed E-state index contributed by atoms with van der Waals surface area (Å²) in [5.41, 5.74) is 0. The van der Waals surface area contributed by atoms with Crippen molar-refractivity contribution < 1.29 is 9.90 Å². The van der Waals surface area contributed by atoms with Crippen molar-refractivity contribution in [2.45, 2.75) is 57.4 Å². The number of rotatable bonds is 4. The summed E-state index contributed by atoms with van der Waals surface area (Å²) >= 11 is 0. The van der Waals surface area contributed by atoms with Crippen molar-refractivity contribution in [3.8, 4) is 0 Å². The van der Waals surface area contributed by atoms with Gasteiger partial charge in [-0.25, -0.2) is 0 Å². The zero-order chi connectivity index (χ0) is 11.4. The molecule has 3 heteroatoms. The fourth-order valence-corrected chi connectivity index (χ4v) is 3.12. The van der Waals surface area contributed by atoms with E-state index >= 15 is 0 Å². The number of aliphatic hydroxyl groups excluding tert-OH is 1. The van der Waals surface area contributed by atoms with E-state index in [0.29, 0.717) is 6.42 Å². The second-order valence-corrected chi connectivity index (χ2v) is 5.25. The predicted molar refractivity (Wildman–Crippen MR) is 63.0 cm³/mol. The second kappa shape index (κ2) is 5.67. The number of nitrogens with zero attached hydrogens (tertiary/aromatic N) is 1. The van der Waals surface area contributed by atoms with Crippen LogP contribution in [0.5, 0.6) is 0 Å². The van der Waals surface area contributed by atoms with Gasteiger partial charge in [0.2, 0.25) is 5.91 Å². The third-order valence-corrected chi connectivity index (χ3v) is 4.15. The monoisotopic (exact) mass is 225 g/mol. The third kappa shape index (κ3) is 2.76. The molecule has 1 aliphatic carbocycles. The van der Waals surface area contributed by atoms with Gasteiger partial charge in [-0.15, -0.1) is 0 Å². The van der Waals surface area contributed by atoms with E-state index in [1.165, 1.54) is 25.7 Å². The van der Waals surface area contributed by atoms with Crippen LogP contribution < -0.4 is 0 Å². The van der Waals surface area contributed by atoms with Gasteiger partial charge in [0, 0.05) is 13.0 Å². The standard InChI is InChI=1S/C13H23NO2/c15-10-12-6-3-9-14(12)13(16)8-7-11-4-1-2-5-11/h11-12,15H,1-10H2/t12-/m1/s1. The van der Waals surface area contributed by atoms with Gasteiger partial charge in [0.15, 0.2) is 0 Å². The van der Waals surface area contributed by atoms with E-state index in [4.69, 9.17) is 0 Å². The van der Waals surface area contributed by atoms with Gasteiger partial charge in [-0.05, 0) is 25.2 Å². The minimum atomic E-state index is 0.107. The Kier molecular flexibility index (Phi) is 4.22. The first-order valence-corrected chi connectivity index (χ1v) is 6.71. The Morgan fingerprint density at radius 1 is 1.19 bits per heavy atom. The van der Waals surface area contributed by atoms with Crippen molar-refractivity contribution in [2.24, 2.45) is 5.92 Å². The lowest BCUT2D eigenvalue weighted by Crippen LogP contribution is -2.37. The Balaban J connectivity index is 1.74. The molecule has 1 heterocycles. The lowest BCUT2D eigenvalue weighted by atomic mass is 10.0. The van der Waals surface area contributed by atoms with Crippen LogP contribution in [0, 0.1) is 5.92 Å². The molecule has 0 aromatic rings. The van der Waals surface area contributed by atoms with E-state index in [0.717, 1.165) is 31.7 Å². The molecule has 1 N–H and O–H groups in total. The van der Waals surface area contributed by atoms with Crippen LogP contribution in [-0.4, -0.2) is 35.1 Å².